The fraction of sp³-hybridized carbons (Fsp3) is 0.571. The molecule has 0 aliphatic carbocycles. The minimum atomic E-state index is -0.0445. The summed E-state index contributed by atoms with van der Waals surface area (Å²) in [7, 11) is 0. The zero-order valence-corrected chi connectivity index (χ0v) is 20.8. The van der Waals surface area contributed by atoms with Crippen LogP contribution in [-0.2, 0) is 10.8 Å². The van der Waals surface area contributed by atoms with E-state index in [9.17, 15) is 10.2 Å². The van der Waals surface area contributed by atoms with Gasteiger partial charge in [0.25, 0.3) is 0 Å². The lowest BCUT2D eigenvalue weighted by Crippen LogP contribution is -2.24. The zero-order valence-electron chi connectivity index (χ0n) is 20.8. The van der Waals surface area contributed by atoms with Gasteiger partial charge in [0.05, 0.1) is 0 Å². The second kappa shape index (κ2) is 7.94. The first-order chi connectivity index (χ1) is 13.4. The average molecular weight is 411 g/mol. The van der Waals surface area contributed by atoms with Crippen LogP contribution in [-0.4, -0.2) is 10.2 Å². The van der Waals surface area contributed by atoms with E-state index < -0.39 is 0 Å². The molecule has 166 valence electrons. The van der Waals surface area contributed by atoms with Gasteiger partial charge in [-0.3, -0.25) is 0 Å². The number of aromatic hydroxyl groups is 2. The van der Waals surface area contributed by atoms with E-state index in [1.165, 1.54) is 0 Å². The second-order valence-electron chi connectivity index (χ2n) is 12.7. The maximum atomic E-state index is 10.8. The van der Waals surface area contributed by atoms with Crippen LogP contribution >= 0.6 is 0 Å². The topological polar surface area (TPSA) is 40.5 Å². The Kier molecular flexibility index (Phi) is 6.44. The number of phenols is 2. The molecule has 0 heterocycles. The predicted octanol–water partition coefficient (Wildman–Crippen LogP) is 8.19. The molecule has 0 amide bonds. The Labute approximate surface area is 184 Å². The molecule has 0 saturated carbocycles. The van der Waals surface area contributed by atoms with Crippen LogP contribution in [0.1, 0.15) is 93.2 Å². The summed E-state index contributed by atoms with van der Waals surface area (Å²) in [5.74, 6) is 0.429. The second-order valence-corrected chi connectivity index (χ2v) is 12.7. The van der Waals surface area contributed by atoms with Gasteiger partial charge in [0.15, 0.2) is 0 Å². The smallest absolute Gasteiger partial charge is 0.123 e. The molecule has 0 aromatic heterocycles. The summed E-state index contributed by atoms with van der Waals surface area (Å²) >= 11 is 0. The highest BCUT2D eigenvalue weighted by Gasteiger charge is 2.29. The SMILES string of the molecule is CC(C)(C)CC(C)(C)c1ccc(-c2ccc(C(C)(C)CC(C)(C)C)cc2O)c(O)c1. The van der Waals surface area contributed by atoms with Gasteiger partial charge in [-0.25, -0.2) is 0 Å². The largest absolute Gasteiger partial charge is 0.507 e. The molecule has 0 spiro atoms. The number of hydrogen-bond donors (Lipinski definition) is 2. The van der Waals surface area contributed by atoms with Crippen LogP contribution in [0.25, 0.3) is 11.1 Å². The van der Waals surface area contributed by atoms with E-state index >= 15 is 0 Å². The van der Waals surface area contributed by atoms with E-state index in [1.54, 1.807) is 0 Å². The Bertz CT molecular complexity index is 814. The predicted molar refractivity (Wildman–Crippen MR) is 129 cm³/mol. The lowest BCUT2D eigenvalue weighted by Gasteiger charge is -2.33. The fourth-order valence-corrected chi connectivity index (χ4v) is 5.22. The average Bonchev–Trinajstić information content (AvgIpc) is 2.50. The Morgan fingerprint density at radius 3 is 1.07 bits per heavy atom. The molecule has 0 unspecified atom stereocenters. The van der Waals surface area contributed by atoms with Crippen molar-refractivity contribution < 1.29 is 10.2 Å². The molecule has 0 bridgehead atoms. The third-order valence-electron chi connectivity index (χ3n) is 5.79. The summed E-state index contributed by atoms with van der Waals surface area (Å²) in [4.78, 5) is 0. The van der Waals surface area contributed by atoms with Crippen molar-refractivity contribution in [3.8, 4) is 22.6 Å². The van der Waals surface area contributed by atoms with Gasteiger partial charge in [-0.2, -0.15) is 0 Å². The van der Waals surface area contributed by atoms with Crippen molar-refractivity contribution in [3.05, 3.63) is 47.5 Å². The highest BCUT2D eigenvalue weighted by atomic mass is 16.3. The molecular formula is C28H42O2. The van der Waals surface area contributed by atoms with E-state index in [2.05, 4.69) is 81.4 Å². The molecule has 2 aromatic rings. The van der Waals surface area contributed by atoms with Gasteiger partial charge in [-0.15, -0.1) is 0 Å². The van der Waals surface area contributed by atoms with Gasteiger partial charge in [0, 0.05) is 11.1 Å². The van der Waals surface area contributed by atoms with Crippen LogP contribution in [0.5, 0.6) is 11.5 Å². The summed E-state index contributed by atoms with van der Waals surface area (Å²) in [5.41, 5.74) is 3.87. The Morgan fingerprint density at radius 2 is 0.833 bits per heavy atom. The molecule has 0 saturated heterocycles. The van der Waals surface area contributed by atoms with E-state index in [4.69, 9.17) is 0 Å². The van der Waals surface area contributed by atoms with E-state index in [0.717, 1.165) is 24.0 Å². The van der Waals surface area contributed by atoms with Gasteiger partial charge in [-0.05, 0) is 57.8 Å². The van der Waals surface area contributed by atoms with Gasteiger partial charge < -0.3 is 10.2 Å². The molecule has 0 radical (unpaired) electrons. The molecule has 2 rings (SSSR count). The Morgan fingerprint density at radius 1 is 0.533 bits per heavy atom. The zero-order chi connectivity index (χ0) is 23.1. The quantitative estimate of drug-likeness (QED) is 0.521. The number of hydrogen-bond acceptors (Lipinski definition) is 2. The Balaban J connectivity index is 2.39. The molecule has 30 heavy (non-hydrogen) atoms. The first-order valence-electron chi connectivity index (χ1n) is 11.1. The van der Waals surface area contributed by atoms with Crippen molar-refractivity contribution in [2.75, 3.05) is 0 Å². The molecule has 2 N–H and O–H groups in total. The monoisotopic (exact) mass is 410 g/mol. The van der Waals surface area contributed by atoms with Crippen molar-refractivity contribution in [3.63, 3.8) is 0 Å². The maximum Gasteiger partial charge on any atom is 0.123 e. The maximum absolute atomic E-state index is 10.8. The van der Waals surface area contributed by atoms with Crippen LogP contribution in [0.3, 0.4) is 0 Å². The lowest BCUT2D eigenvalue weighted by molar-refractivity contribution is 0.283. The minimum Gasteiger partial charge on any atom is -0.507 e. The summed E-state index contributed by atoms with van der Waals surface area (Å²) < 4.78 is 0. The highest BCUT2D eigenvalue weighted by Crippen LogP contribution is 2.43. The lowest BCUT2D eigenvalue weighted by atomic mass is 9.71. The van der Waals surface area contributed by atoms with Crippen molar-refractivity contribution in [2.45, 2.75) is 92.9 Å². The molecule has 2 heteroatoms. The number of rotatable bonds is 5. The summed E-state index contributed by atoms with van der Waals surface area (Å²) in [6, 6.07) is 11.7. The number of phenolic OH excluding ortho intramolecular Hbond substituents is 2. The fourth-order valence-electron chi connectivity index (χ4n) is 5.22. The van der Waals surface area contributed by atoms with Gasteiger partial charge >= 0.3 is 0 Å². The van der Waals surface area contributed by atoms with Crippen molar-refractivity contribution in [1.82, 2.24) is 0 Å². The molecule has 0 aliphatic rings. The van der Waals surface area contributed by atoms with Crippen LogP contribution in [0.15, 0.2) is 36.4 Å². The minimum absolute atomic E-state index is 0.0445. The third-order valence-corrected chi connectivity index (χ3v) is 5.79. The van der Waals surface area contributed by atoms with E-state index in [1.807, 2.05) is 24.3 Å². The standard InChI is InChI=1S/C28H42O2/c1-25(2,3)17-27(7,8)19-11-13-21(23(29)15-19)22-14-12-20(16-24(22)30)28(9,10)18-26(4,5)6/h11-16,29-30H,17-18H2,1-10H3. The Hall–Kier alpha value is -1.96. The first-order valence-corrected chi connectivity index (χ1v) is 11.1. The summed E-state index contributed by atoms with van der Waals surface area (Å²) in [5, 5.41) is 21.6. The summed E-state index contributed by atoms with van der Waals surface area (Å²) in [6.07, 6.45) is 2.03. The first kappa shape index (κ1) is 24.3. The number of benzene rings is 2. The molecule has 2 aromatic carbocycles. The van der Waals surface area contributed by atoms with Gasteiger partial charge in [0.1, 0.15) is 11.5 Å². The van der Waals surface area contributed by atoms with Gasteiger partial charge in [0.2, 0.25) is 0 Å². The van der Waals surface area contributed by atoms with Crippen molar-refractivity contribution in [1.29, 1.82) is 0 Å². The molecular weight excluding hydrogens is 368 g/mol. The van der Waals surface area contributed by atoms with Crippen molar-refractivity contribution >= 4 is 0 Å². The molecule has 0 atom stereocenters. The van der Waals surface area contributed by atoms with E-state index in [0.29, 0.717) is 11.1 Å². The van der Waals surface area contributed by atoms with Crippen LogP contribution < -0.4 is 0 Å². The normalized spacial score (nSPS) is 13.5. The third kappa shape index (κ3) is 6.03. The van der Waals surface area contributed by atoms with E-state index in [-0.39, 0.29) is 33.2 Å². The summed E-state index contributed by atoms with van der Waals surface area (Å²) in [6.45, 7) is 22.3. The van der Waals surface area contributed by atoms with Gasteiger partial charge in [-0.1, -0.05) is 93.5 Å². The van der Waals surface area contributed by atoms with Crippen LogP contribution in [0, 0.1) is 10.8 Å². The molecule has 2 nitrogen and oxygen atoms in total. The molecule has 0 fully saturated rings. The molecule has 0 aliphatic heterocycles. The van der Waals surface area contributed by atoms with Crippen LogP contribution in [0.4, 0.5) is 0 Å². The highest BCUT2D eigenvalue weighted by molar-refractivity contribution is 5.76. The van der Waals surface area contributed by atoms with Crippen LogP contribution in [0.2, 0.25) is 0 Å². The van der Waals surface area contributed by atoms with Crippen molar-refractivity contribution in [2.24, 2.45) is 10.8 Å².